The first kappa shape index (κ1) is 15.8. The lowest BCUT2D eigenvalue weighted by molar-refractivity contribution is 0.0681. The van der Waals surface area contributed by atoms with Crippen LogP contribution in [0.2, 0.25) is 0 Å². The third kappa shape index (κ3) is 5.38. The first-order valence-corrected chi connectivity index (χ1v) is 7.88. The highest BCUT2D eigenvalue weighted by Gasteiger charge is 2.21. The molecule has 0 unspecified atom stereocenters. The smallest absolute Gasteiger partial charge is 0.253 e. The maximum Gasteiger partial charge on any atom is 0.253 e. The molecular weight excluding hydrogens is 264 g/mol. The number of anilines is 1. The number of nitrogens with one attached hydrogen (secondary N) is 1. The van der Waals surface area contributed by atoms with Crippen LogP contribution in [0, 0.1) is 5.92 Å². The highest BCUT2D eigenvalue weighted by molar-refractivity contribution is 5.94. The second-order valence-electron chi connectivity index (χ2n) is 5.75. The molecule has 1 aromatic carbocycles. The van der Waals surface area contributed by atoms with E-state index in [4.69, 9.17) is 4.74 Å². The number of hydrogen-bond donors (Lipinski definition) is 1. The first-order valence-electron chi connectivity index (χ1n) is 7.88. The Hall–Kier alpha value is -1.55. The average molecular weight is 290 g/mol. The number of amides is 1. The van der Waals surface area contributed by atoms with Crippen LogP contribution < -0.4 is 5.32 Å². The Bertz CT molecular complexity index is 441. The summed E-state index contributed by atoms with van der Waals surface area (Å²) in [6.45, 7) is 5.19. The summed E-state index contributed by atoms with van der Waals surface area (Å²) in [5, 5.41) is 3.30. The largest absolute Gasteiger partial charge is 0.385 e. The summed E-state index contributed by atoms with van der Waals surface area (Å²) in [6.07, 6.45) is 3.69. The fourth-order valence-electron chi connectivity index (χ4n) is 2.06. The van der Waals surface area contributed by atoms with Gasteiger partial charge in [-0.3, -0.25) is 4.79 Å². The van der Waals surface area contributed by atoms with Crippen LogP contribution in [0.5, 0.6) is 0 Å². The van der Waals surface area contributed by atoms with Crippen LogP contribution in [0.3, 0.4) is 0 Å². The Balaban J connectivity index is 1.74. The molecule has 4 heteroatoms. The van der Waals surface area contributed by atoms with Crippen molar-refractivity contribution in [3.05, 3.63) is 29.8 Å². The van der Waals surface area contributed by atoms with Gasteiger partial charge in [-0.15, -0.1) is 0 Å². The van der Waals surface area contributed by atoms with Gasteiger partial charge in [-0.05, 0) is 49.4 Å². The van der Waals surface area contributed by atoms with Gasteiger partial charge in [0.1, 0.15) is 0 Å². The van der Waals surface area contributed by atoms with Gasteiger partial charge >= 0.3 is 0 Å². The molecule has 1 aromatic rings. The van der Waals surface area contributed by atoms with Crippen molar-refractivity contribution in [3.63, 3.8) is 0 Å². The molecule has 0 saturated heterocycles. The van der Waals surface area contributed by atoms with E-state index in [-0.39, 0.29) is 5.91 Å². The SMILES string of the molecule is CCCNc1ccc(C(=O)N(C)CCOCC2CC2)cc1. The molecule has 1 aliphatic rings. The summed E-state index contributed by atoms with van der Waals surface area (Å²) >= 11 is 0. The molecule has 0 atom stereocenters. The molecule has 0 radical (unpaired) electrons. The van der Waals surface area contributed by atoms with Gasteiger partial charge in [-0.2, -0.15) is 0 Å². The molecule has 1 amide bonds. The fourth-order valence-corrected chi connectivity index (χ4v) is 2.06. The van der Waals surface area contributed by atoms with Crippen LogP contribution in [-0.4, -0.2) is 44.2 Å². The molecule has 0 aromatic heterocycles. The lowest BCUT2D eigenvalue weighted by Gasteiger charge is -2.17. The number of nitrogens with zero attached hydrogens (tertiary/aromatic N) is 1. The van der Waals surface area contributed by atoms with Gasteiger partial charge in [0.2, 0.25) is 0 Å². The standard InChI is InChI=1S/C17H26N2O2/c1-3-10-18-16-8-6-15(7-9-16)17(20)19(2)11-12-21-13-14-4-5-14/h6-9,14,18H,3-5,10-13H2,1-2H3. The Morgan fingerprint density at radius 3 is 2.67 bits per heavy atom. The van der Waals surface area contributed by atoms with Crippen molar-refractivity contribution in [2.45, 2.75) is 26.2 Å². The molecule has 0 bridgehead atoms. The van der Waals surface area contributed by atoms with Gasteiger partial charge in [0.05, 0.1) is 6.61 Å². The van der Waals surface area contributed by atoms with E-state index in [9.17, 15) is 4.79 Å². The minimum atomic E-state index is 0.0482. The molecule has 1 fully saturated rings. The molecule has 4 nitrogen and oxygen atoms in total. The highest BCUT2D eigenvalue weighted by atomic mass is 16.5. The summed E-state index contributed by atoms with van der Waals surface area (Å²) in [5.74, 6) is 0.821. The summed E-state index contributed by atoms with van der Waals surface area (Å²) < 4.78 is 5.57. The third-order valence-electron chi connectivity index (χ3n) is 3.68. The number of ether oxygens (including phenoxy) is 1. The van der Waals surface area contributed by atoms with E-state index >= 15 is 0 Å². The maximum absolute atomic E-state index is 12.3. The Labute approximate surface area is 127 Å². The number of likely N-dealkylation sites (N-methyl/N-ethyl adjacent to an activating group) is 1. The van der Waals surface area contributed by atoms with Crippen molar-refractivity contribution in [3.8, 4) is 0 Å². The Morgan fingerprint density at radius 2 is 2.05 bits per heavy atom. The fraction of sp³-hybridized carbons (Fsp3) is 0.588. The molecule has 2 rings (SSSR count). The normalized spacial score (nSPS) is 14.0. The van der Waals surface area contributed by atoms with Crippen LogP contribution in [-0.2, 0) is 4.74 Å². The topological polar surface area (TPSA) is 41.6 Å². The van der Waals surface area contributed by atoms with E-state index in [0.29, 0.717) is 13.2 Å². The van der Waals surface area contributed by atoms with Crippen LogP contribution >= 0.6 is 0 Å². The van der Waals surface area contributed by atoms with Crippen LogP contribution in [0.1, 0.15) is 36.5 Å². The van der Waals surface area contributed by atoms with Gasteiger partial charge in [0, 0.05) is 38.0 Å². The predicted octanol–water partition coefficient (Wildman–Crippen LogP) is 3.01. The molecule has 21 heavy (non-hydrogen) atoms. The molecule has 0 heterocycles. The molecule has 1 N–H and O–H groups in total. The molecule has 1 saturated carbocycles. The number of carbonyl (C=O) groups excluding carboxylic acids is 1. The van der Waals surface area contributed by atoms with Crippen molar-refractivity contribution in [2.24, 2.45) is 5.92 Å². The van der Waals surface area contributed by atoms with Crippen LogP contribution in [0.15, 0.2) is 24.3 Å². The second kappa shape index (κ2) is 8.03. The molecule has 1 aliphatic carbocycles. The lowest BCUT2D eigenvalue weighted by Crippen LogP contribution is -2.30. The van der Waals surface area contributed by atoms with Gasteiger partial charge in [0.25, 0.3) is 5.91 Å². The quantitative estimate of drug-likeness (QED) is 0.711. The van der Waals surface area contributed by atoms with Crippen LogP contribution in [0.4, 0.5) is 5.69 Å². The van der Waals surface area contributed by atoms with E-state index in [1.165, 1.54) is 12.8 Å². The zero-order valence-electron chi connectivity index (χ0n) is 13.1. The van der Waals surface area contributed by atoms with Crippen molar-refractivity contribution < 1.29 is 9.53 Å². The average Bonchev–Trinajstić information content (AvgIpc) is 3.33. The zero-order chi connectivity index (χ0) is 15.1. The van der Waals surface area contributed by atoms with Gasteiger partial charge in [0.15, 0.2) is 0 Å². The molecule has 0 spiro atoms. The summed E-state index contributed by atoms with van der Waals surface area (Å²) in [5.41, 5.74) is 1.78. The van der Waals surface area contributed by atoms with Crippen molar-refractivity contribution in [1.82, 2.24) is 4.90 Å². The molecule has 0 aliphatic heterocycles. The van der Waals surface area contributed by atoms with Gasteiger partial charge in [-0.25, -0.2) is 0 Å². The summed E-state index contributed by atoms with van der Waals surface area (Å²) in [6, 6.07) is 7.67. The number of rotatable bonds is 9. The van der Waals surface area contributed by atoms with Crippen molar-refractivity contribution >= 4 is 11.6 Å². The van der Waals surface area contributed by atoms with Crippen LogP contribution in [0.25, 0.3) is 0 Å². The van der Waals surface area contributed by atoms with E-state index in [2.05, 4.69) is 12.2 Å². The molecule has 116 valence electrons. The van der Waals surface area contributed by atoms with E-state index < -0.39 is 0 Å². The molecular formula is C17H26N2O2. The Kier molecular flexibility index (Phi) is 6.05. The van der Waals surface area contributed by atoms with Gasteiger partial charge in [-0.1, -0.05) is 6.92 Å². The zero-order valence-corrected chi connectivity index (χ0v) is 13.1. The number of benzene rings is 1. The number of hydrogen-bond acceptors (Lipinski definition) is 3. The lowest BCUT2D eigenvalue weighted by atomic mass is 10.2. The maximum atomic E-state index is 12.3. The monoisotopic (exact) mass is 290 g/mol. The first-order chi connectivity index (χ1) is 10.2. The van der Waals surface area contributed by atoms with E-state index in [1.54, 1.807) is 4.90 Å². The minimum Gasteiger partial charge on any atom is -0.385 e. The third-order valence-corrected chi connectivity index (χ3v) is 3.68. The second-order valence-corrected chi connectivity index (χ2v) is 5.75. The Morgan fingerprint density at radius 1 is 1.33 bits per heavy atom. The van der Waals surface area contributed by atoms with Crippen molar-refractivity contribution in [2.75, 3.05) is 38.7 Å². The summed E-state index contributed by atoms with van der Waals surface area (Å²) in [4.78, 5) is 14.0. The van der Waals surface area contributed by atoms with E-state index in [0.717, 1.165) is 36.7 Å². The predicted molar refractivity (Wildman–Crippen MR) is 85.7 cm³/mol. The summed E-state index contributed by atoms with van der Waals surface area (Å²) in [7, 11) is 1.83. The van der Waals surface area contributed by atoms with E-state index in [1.807, 2.05) is 31.3 Å². The number of carbonyl (C=O) groups is 1. The minimum absolute atomic E-state index is 0.0482. The van der Waals surface area contributed by atoms with Gasteiger partial charge < -0.3 is 15.0 Å². The highest BCUT2D eigenvalue weighted by Crippen LogP contribution is 2.28. The van der Waals surface area contributed by atoms with Crippen molar-refractivity contribution in [1.29, 1.82) is 0 Å².